The highest BCUT2D eigenvalue weighted by Crippen LogP contribution is 2.43. The second-order valence-corrected chi connectivity index (χ2v) is 18.2. The summed E-state index contributed by atoms with van der Waals surface area (Å²) in [5.74, 6) is -0.812. The lowest BCUT2D eigenvalue weighted by atomic mass is 10.0. The first-order chi connectivity index (χ1) is 27.8. The maximum absolute atomic E-state index is 12.6. The van der Waals surface area contributed by atoms with Gasteiger partial charge in [-0.15, -0.1) is 0 Å². The van der Waals surface area contributed by atoms with Gasteiger partial charge >= 0.3 is 19.8 Å². The fraction of sp³-hybridized carbons (Fsp3) is 0.957. The molecule has 0 fully saturated rings. The van der Waals surface area contributed by atoms with E-state index in [1.54, 1.807) is 0 Å². The molecule has 57 heavy (non-hydrogen) atoms. The largest absolute Gasteiger partial charge is 0.472 e. The predicted molar refractivity (Wildman–Crippen MR) is 238 cm³/mol. The molecule has 2 unspecified atom stereocenters. The van der Waals surface area contributed by atoms with E-state index in [0.717, 1.165) is 32.1 Å². The Morgan fingerprint density at radius 3 is 1.07 bits per heavy atom. The molecular formula is C47H94NO8P. The molecule has 0 bridgehead atoms. The standard InChI is InChI=1S/C47H94NO8P/c1-3-5-7-9-11-13-15-16-17-18-19-20-21-22-23-24-25-26-27-28-30-32-34-36-38-40-47(50)56-45(44-55-57(51,52)54-42-41-48)43-53-46(49)39-37-35-33-31-29-14-12-10-8-6-4-2/h45H,3-44,48H2,1-2H3,(H,51,52). The maximum Gasteiger partial charge on any atom is 0.472 e. The number of carbonyl (C=O) groups is 2. The van der Waals surface area contributed by atoms with Crippen LogP contribution in [0, 0.1) is 0 Å². The van der Waals surface area contributed by atoms with Gasteiger partial charge in [0.15, 0.2) is 6.10 Å². The van der Waals surface area contributed by atoms with Gasteiger partial charge in [0, 0.05) is 19.4 Å². The van der Waals surface area contributed by atoms with Gasteiger partial charge in [0.25, 0.3) is 0 Å². The fourth-order valence-electron chi connectivity index (χ4n) is 7.34. The van der Waals surface area contributed by atoms with Crippen molar-refractivity contribution in [1.29, 1.82) is 0 Å². The number of nitrogens with two attached hydrogens (primary N) is 1. The Morgan fingerprint density at radius 2 is 0.754 bits per heavy atom. The number of ether oxygens (including phenoxy) is 2. The summed E-state index contributed by atoms with van der Waals surface area (Å²) < 4.78 is 32.8. The molecule has 0 rings (SSSR count). The first-order valence-electron chi connectivity index (χ1n) is 24.5. The lowest BCUT2D eigenvalue weighted by Gasteiger charge is -2.19. The third-order valence-corrected chi connectivity index (χ3v) is 12.0. The molecule has 0 saturated heterocycles. The topological polar surface area (TPSA) is 134 Å². The first kappa shape index (κ1) is 56.0. The molecule has 2 atom stereocenters. The van der Waals surface area contributed by atoms with Gasteiger partial charge in [-0.2, -0.15) is 0 Å². The van der Waals surface area contributed by atoms with Crippen molar-refractivity contribution in [2.75, 3.05) is 26.4 Å². The monoisotopic (exact) mass is 832 g/mol. The van der Waals surface area contributed by atoms with Crippen LogP contribution in [0.5, 0.6) is 0 Å². The molecule has 10 heteroatoms. The average molecular weight is 832 g/mol. The molecule has 0 saturated carbocycles. The quantitative estimate of drug-likeness (QED) is 0.0349. The maximum atomic E-state index is 12.6. The Morgan fingerprint density at radius 1 is 0.456 bits per heavy atom. The summed E-state index contributed by atoms with van der Waals surface area (Å²) in [4.78, 5) is 34.9. The molecule has 0 radical (unpaired) electrons. The van der Waals surface area contributed by atoms with Crippen molar-refractivity contribution in [2.24, 2.45) is 5.73 Å². The third kappa shape index (κ3) is 44.4. The number of unbranched alkanes of at least 4 members (excludes halogenated alkanes) is 34. The lowest BCUT2D eigenvalue weighted by Crippen LogP contribution is -2.29. The molecule has 0 aliphatic carbocycles. The molecule has 0 aliphatic rings. The second-order valence-electron chi connectivity index (χ2n) is 16.7. The van der Waals surface area contributed by atoms with E-state index in [1.807, 2.05) is 0 Å². The van der Waals surface area contributed by atoms with E-state index in [9.17, 15) is 19.0 Å². The smallest absolute Gasteiger partial charge is 0.462 e. The summed E-state index contributed by atoms with van der Waals surface area (Å²) in [7, 11) is -4.37. The minimum Gasteiger partial charge on any atom is -0.462 e. The minimum atomic E-state index is -4.37. The molecule has 340 valence electrons. The lowest BCUT2D eigenvalue weighted by molar-refractivity contribution is -0.161. The highest BCUT2D eigenvalue weighted by molar-refractivity contribution is 7.47. The minimum absolute atomic E-state index is 0.0581. The predicted octanol–water partition coefficient (Wildman–Crippen LogP) is 14.4. The van der Waals surface area contributed by atoms with Gasteiger partial charge in [-0.1, -0.05) is 232 Å². The normalized spacial score (nSPS) is 13.1. The molecule has 0 spiro atoms. The van der Waals surface area contributed by atoms with Crippen LogP contribution in [0.3, 0.4) is 0 Å². The summed E-state index contributed by atoms with van der Waals surface area (Å²) in [5, 5.41) is 0. The molecule has 0 aromatic rings. The van der Waals surface area contributed by atoms with Crippen molar-refractivity contribution in [1.82, 2.24) is 0 Å². The molecule has 3 N–H and O–H groups in total. The van der Waals surface area contributed by atoms with Crippen molar-refractivity contribution in [3.8, 4) is 0 Å². The number of phosphoric acid groups is 1. The molecule has 0 amide bonds. The fourth-order valence-corrected chi connectivity index (χ4v) is 8.11. The molecule has 0 aliphatic heterocycles. The average Bonchev–Trinajstić information content (AvgIpc) is 3.20. The number of phosphoric ester groups is 1. The summed E-state index contributed by atoms with van der Waals surface area (Å²) >= 11 is 0. The van der Waals surface area contributed by atoms with Crippen molar-refractivity contribution in [3.05, 3.63) is 0 Å². The highest BCUT2D eigenvalue weighted by Gasteiger charge is 2.26. The molecule has 9 nitrogen and oxygen atoms in total. The van der Waals surface area contributed by atoms with E-state index in [1.165, 1.54) is 193 Å². The number of rotatable bonds is 47. The van der Waals surface area contributed by atoms with Gasteiger partial charge < -0.3 is 20.1 Å². The number of hydrogen-bond acceptors (Lipinski definition) is 8. The van der Waals surface area contributed by atoms with Crippen LogP contribution in [0.4, 0.5) is 0 Å². The second kappa shape index (κ2) is 44.6. The Hall–Kier alpha value is -0.990. The van der Waals surface area contributed by atoms with E-state index in [-0.39, 0.29) is 38.6 Å². The van der Waals surface area contributed by atoms with Crippen LogP contribution in [0.15, 0.2) is 0 Å². The molecule has 0 heterocycles. The Labute approximate surface area is 352 Å². The van der Waals surface area contributed by atoms with Crippen LogP contribution in [0.2, 0.25) is 0 Å². The van der Waals surface area contributed by atoms with Crippen LogP contribution in [0.1, 0.15) is 258 Å². The number of hydrogen-bond donors (Lipinski definition) is 2. The Bertz CT molecular complexity index is 907. The highest BCUT2D eigenvalue weighted by atomic mass is 31.2. The summed E-state index contributed by atoms with van der Waals surface area (Å²) in [6.45, 7) is 3.78. The van der Waals surface area contributed by atoms with E-state index < -0.39 is 26.5 Å². The van der Waals surface area contributed by atoms with Gasteiger partial charge in [-0.25, -0.2) is 4.57 Å². The zero-order valence-electron chi connectivity index (χ0n) is 37.6. The van der Waals surface area contributed by atoms with Crippen molar-refractivity contribution in [3.63, 3.8) is 0 Å². The van der Waals surface area contributed by atoms with E-state index in [4.69, 9.17) is 24.3 Å². The molecular weight excluding hydrogens is 737 g/mol. The summed E-state index contributed by atoms with van der Waals surface area (Å²) in [6.07, 6.45) is 45.8. The first-order valence-corrected chi connectivity index (χ1v) is 26.0. The van der Waals surface area contributed by atoms with E-state index in [2.05, 4.69) is 13.8 Å². The summed E-state index contributed by atoms with van der Waals surface area (Å²) in [6, 6.07) is 0. The molecule has 0 aromatic heterocycles. The van der Waals surface area contributed by atoms with Gasteiger partial charge in [-0.05, 0) is 12.8 Å². The van der Waals surface area contributed by atoms with Crippen molar-refractivity contribution < 1.29 is 37.6 Å². The number of esters is 2. The molecule has 0 aromatic carbocycles. The Balaban J connectivity index is 3.92. The van der Waals surface area contributed by atoms with E-state index >= 15 is 0 Å². The van der Waals surface area contributed by atoms with Crippen LogP contribution >= 0.6 is 7.82 Å². The van der Waals surface area contributed by atoms with Crippen LogP contribution in [0.25, 0.3) is 0 Å². The van der Waals surface area contributed by atoms with Gasteiger partial charge in [0.1, 0.15) is 6.61 Å². The zero-order chi connectivity index (χ0) is 41.8. The SMILES string of the molecule is CCCCCCCCCCCCCCCCCCCCCCCCCCCC(=O)OC(COC(=O)CCCCCCCCCCCCC)COP(=O)(O)OCCN. The Kier molecular flexibility index (Phi) is 43.8. The summed E-state index contributed by atoms with van der Waals surface area (Å²) in [5.41, 5.74) is 5.35. The van der Waals surface area contributed by atoms with Crippen LogP contribution < -0.4 is 5.73 Å². The third-order valence-electron chi connectivity index (χ3n) is 11.0. The van der Waals surface area contributed by atoms with Crippen LogP contribution in [-0.2, 0) is 32.7 Å². The van der Waals surface area contributed by atoms with Crippen LogP contribution in [-0.4, -0.2) is 49.3 Å². The van der Waals surface area contributed by atoms with E-state index in [0.29, 0.717) is 6.42 Å². The van der Waals surface area contributed by atoms with Crippen molar-refractivity contribution >= 4 is 19.8 Å². The zero-order valence-corrected chi connectivity index (χ0v) is 38.5. The van der Waals surface area contributed by atoms with Gasteiger partial charge in [-0.3, -0.25) is 18.6 Å². The van der Waals surface area contributed by atoms with Gasteiger partial charge in [0.2, 0.25) is 0 Å². The van der Waals surface area contributed by atoms with Crippen molar-refractivity contribution in [2.45, 2.75) is 264 Å². The number of carbonyl (C=O) groups excluding carboxylic acids is 2. The van der Waals surface area contributed by atoms with Gasteiger partial charge in [0.05, 0.1) is 13.2 Å².